The van der Waals surface area contributed by atoms with Crippen LogP contribution in [-0.2, 0) is 22.7 Å². The number of hydrogen-bond acceptors (Lipinski definition) is 6. The van der Waals surface area contributed by atoms with Crippen LogP contribution < -0.4 is 20.1 Å². The number of hydrogen-bond donors (Lipinski definition) is 4. The number of ether oxygens (including phenoxy) is 2. The quantitative estimate of drug-likeness (QED) is 0.0972. The van der Waals surface area contributed by atoms with Gasteiger partial charge >= 0.3 is 24.0 Å². The number of carbonyl (C=O) groups excluding carboxylic acids is 2. The minimum absolute atomic E-state index is 0.135. The standard InChI is InChI=1S/C40H44N4O8/c1-3-23-43(39(49)41-25-27-15-19-31(20-16-27)51-29-11-7-5-8-12-29)35-33(37(45)46)34(38(47)48)36(35)44(24-4-2)40(50)42-26-28-17-21-32(22-18-28)52-30-13-9-6-10-14-30/h5-22,33-36H,3-4,23-26H2,1-2H3,(H,41,49)(H,42,50)(H,45,46)(H,47,48). The van der Waals surface area contributed by atoms with Crippen LogP contribution in [0.5, 0.6) is 23.0 Å². The summed E-state index contributed by atoms with van der Waals surface area (Å²) in [7, 11) is 0. The molecule has 0 bridgehead atoms. The first-order valence-corrected chi connectivity index (χ1v) is 17.4. The highest BCUT2D eigenvalue weighted by Gasteiger charge is 2.63. The highest BCUT2D eigenvalue weighted by atomic mass is 16.5. The van der Waals surface area contributed by atoms with Crippen LogP contribution in [0.25, 0.3) is 0 Å². The number of nitrogens with zero attached hydrogens (tertiary/aromatic N) is 2. The molecule has 272 valence electrons. The summed E-state index contributed by atoms with van der Waals surface area (Å²) in [6.07, 6.45) is 0.965. The molecule has 0 spiro atoms. The van der Waals surface area contributed by atoms with Gasteiger partial charge in [0.05, 0.1) is 23.9 Å². The summed E-state index contributed by atoms with van der Waals surface area (Å²) in [6, 6.07) is 29.8. The SMILES string of the molecule is CCCN(C(=O)NCc1ccc(Oc2ccccc2)cc1)C1C(C(=O)O)C(C(=O)O)C1N(CCC)C(=O)NCc1ccc(Oc2ccccc2)cc1. The minimum Gasteiger partial charge on any atom is -0.481 e. The molecule has 4 aromatic rings. The fraction of sp³-hybridized carbons (Fsp3) is 0.300. The number of aliphatic carboxylic acids is 2. The highest BCUT2D eigenvalue weighted by molar-refractivity contribution is 5.87. The third-order valence-corrected chi connectivity index (χ3v) is 8.91. The molecule has 1 saturated carbocycles. The Morgan fingerprint density at radius 3 is 1.17 bits per heavy atom. The first kappa shape index (κ1) is 37.2. The smallest absolute Gasteiger partial charge is 0.318 e. The fourth-order valence-corrected chi connectivity index (χ4v) is 6.47. The van der Waals surface area contributed by atoms with Gasteiger partial charge in [-0.3, -0.25) is 9.59 Å². The number of carboxylic acid groups (broad SMARTS) is 2. The number of carboxylic acids is 2. The summed E-state index contributed by atoms with van der Waals surface area (Å²) < 4.78 is 11.7. The van der Waals surface area contributed by atoms with Crippen LogP contribution in [0.2, 0.25) is 0 Å². The average molecular weight is 709 g/mol. The van der Waals surface area contributed by atoms with E-state index in [1.54, 1.807) is 24.3 Å². The predicted octanol–water partition coefficient (Wildman–Crippen LogP) is 6.97. The lowest BCUT2D eigenvalue weighted by Gasteiger charge is -2.55. The van der Waals surface area contributed by atoms with Crippen LogP contribution in [0, 0.1) is 11.8 Å². The zero-order valence-corrected chi connectivity index (χ0v) is 29.2. The number of nitrogens with one attached hydrogen (secondary N) is 2. The van der Waals surface area contributed by atoms with Gasteiger partial charge < -0.3 is 40.1 Å². The Morgan fingerprint density at radius 2 is 0.865 bits per heavy atom. The molecule has 4 N–H and O–H groups in total. The van der Waals surface area contributed by atoms with Crippen LogP contribution >= 0.6 is 0 Å². The van der Waals surface area contributed by atoms with E-state index >= 15 is 0 Å². The van der Waals surface area contributed by atoms with Crippen LogP contribution in [0.1, 0.15) is 37.8 Å². The van der Waals surface area contributed by atoms with Gasteiger partial charge in [0, 0.05) is 26.2 Å². The molecule has 12 heteroatoms. The van der Waals surface area contributed by atoms with Crippen molar-refractivity contribution in [1.29, 1.82) is 0 Å². The van der Waals surface area contributed by atoms with Crippen molar-refractivity contribution in [1.82, 2.24) is 20.4 Å². The van der Waals surface area contributed by atoms with Gasteiger partial charge in [0.2, 0.25) is 0 Å². The van der Waals surface area contributed by atoms with E-state index in [9.17, 15) is 29.4 Å². The van der Waals surface area contributed by atoms with E-state index in [-0.39, 0.29) is 26.2 Å². The number of rotatable bonds is 16. The molecule has 4 amide bonds. The first-order valence-electron chi connectivity index (χ1n) is 17.4. The van der Waals surface area contributed by atoms with E-state index < -0.39 is 47.9 Å². The molecule has 4 aromatic carbocycles. The second kappa shape index (κ2) is 17.8. The van der Waals surface area contributed by atoms with E-state index in [2.05, 4.69) is 10.6 Å². The van der Waals surface area contributed by atoms with E-state index in [0.717, 1.165) is 11.1 Å². The Bertz CT molecular complexity index is 1660. The molecule has 0 aromatic heterocycles. The zero-order chi connectivity index (χ0) is 37.0. The minimum atomic E-state index is -1.42. The van der Waals surface area contributed by atoms with Gasteiger partial charge in [0.15, 0.2) is 0 Å². The highest BCUT2D eigenvalue weighted by Crippen LogP contribution is 2.43. The van der Waals surface area contributed by atoms with E-state index in [0.29, 0.717) is 35.8 Å². The van der Waals surface area contributed by atoms with E-state index in [1.807, 2.05) is 98.8 Å². The zero-order valence-electron chi connectivity index (χ0n) is 29.2. The number of carbonyl (C=O) groups is 4. The van der Waals surface area contributed by atoms with Gasteiger partial charge in [-0.15, -0.1) is 0 Å². The Kier molecular flexibility index (Phi) is 12.7. The second-order valence-electron chi connectivity index (χ2n) is 12.5. The van der Waals surface area contributed by atoms with Crippen molar-refractivity contribution in [3.63, 3.8) is 0 Å². The maximum atomic E-state index is 13.8. The molecule has 1 aliphatic carbocycles. The molecular weight excluding hydrogens is 664 g/mol. The van der Waals surface area contributed by atoms with Crippen LogP contribution in [0.4, 0.5) is 9.59 Å². The maximum Gasteiger partial charge on any atom is 0.318 e. The van der Waals surface area contributed by atoms with E-state index in [1.165, 1.54) is 9.80 Å². The lowest BCUT2D eigenvalue weighted by molar-refractivity contribution is -0.176. The molecule has 1 fully saturated rings. The molecule has 4 unspecified atom stereocenters. The van der Waals surface area contributed by atoms with Crippen molar-refractivity contribution in [2.45, 2.75) is 51.9 Å². The number of urea groups is 2. The second-order valence-corrected chi connectivity index (χ2v) is 12.5. The molecule has 0 aliphatic heterocycles. The van der Waals surface area contributed by atoms with Crippen LogP contribution in [0.3, 0.4) is 0 Å². The predicted molar refractivity (Wildman–Crippen MR) is 194 cm³/mol. The fourth-order valence-electron chi connectivity index (χ4n) is 6.47. The maximum absolute atomic E-state index is 13.8. The van der Waals surface area contributed by atoms with Crippen LogP contribution in [0.15, 0.2) is 109 Å². The molecule has 52 heavy (non-hydrogen) atoms. The summed E-state index contributed by atoms with van der Waals surface area (Å²) in [5.41, 5.74) is 1.56. The van der Waals surface area contributed by atoms with Crippen molar-refractivity contribution in [3.8, 4) is 23.0 Å². The average Bonchev–Trinajstić information content (AvgIpc) is 3.13. The Labute approximate surface area is 303 Å². The largest absolute Gasteiger partial charge is 0.481 e. The monoisotopic (exact) mass is 708 g/mol. The van der Waals surface area contributed by atoms with Gasteiger partial charge in [-0.2, -0.15) is 0 Å². The van der Waals surface area contributed by atoms with Gasteiger partial charge in [-0.25, -0.2) is 9.59 Å². The molecule has 5 rings (SSSR count). The van der Waals surface area contributed by atoms with E-state index in [4.69, 9.17) is 9.47 Å². The Balaban J connectivity index is 1.29. The third kappa shape index (κ3) is 9.19. The molecule has 0 heterocycles. The molecular formula is C40H44N4O8. The normalized spacial score (nSPS) is 17.6. The summed E-state index contributed by atoms with van der Waals surface area (Å²) >= 11 is 0. The van der Waals surface area contributed by atoms with Gasteiger partial charge in [-0.1, -0.05) is 74.5 Å². The van der Waals surface area contributed by atoms with Gasteiger partial charge in [0.1, 0.15) is 23.0 Å². The van der Waals surface area contributed by atoms with Crippen molar-refractivity contribution in [2.24, 2.45) is 11.8 Å². The van der Waals surface area contributed by atoms with Crippen LogP contribution in [-0.4, -0.2) is 69.2 Å². The number of benzene rings is 4. The molecule has 12 nitrogen and oxygen atoms in total. The topological polar surface area (TPSA) is 158 Å². The summed E-state index contributed by atoms with van der Waals surface area (Å²) in [4.78, 5) is 55.4. The summed E-state index contributed by atoms with van der Waals surface area (Å²) in [5.74, 6) is -2.89. The Morgan fingerprint density at radius 1 is 0.538 bits per heavy atom. The first-order chi connectivity index (χ1) is 25.2. The summed E-state index contributed by atoms with van der Waals surface area (Å²) in [5, 5.41) is 26.2. The third-order valence-electron chi connectivity index (χ3n) is 8.91. The van der Waals surface area contributed by atoms with Crippen molar-refractivity contribution in [3.05, 3.63) is 120 Å². The molecule has 0 saturated heterocycles. The Hall–Kier alpha value is -6.04. The number of para-hydroxylation sites is 2. The van der Waals surface area contributed by atoms with Crippen molar-refractivity contribution < 1.29 is 38.9 Å². The van der Waals surface area contributed by atoms with Crippen molar-refractivity contribution in [2.75, 3.05) is 13.1 Å². The van der Waals surface area contributed by atoms with Gasteiger partial charge in [-0.05, 0) is 72.5 Å². The lowest BCUT2D eigenvalue weighted by Crippen LogP contribution is -2.75. The van der Waals surface area contributed by atoms with Gasteiger partial charge in [0.25, 0.3) is 0 Å². The summed E-state index contributed by atoms with van der Waals surface area (Å²) in [6.45, 7) is 4.28. The van der Waals surface area contributed by atoms with Crippen molar-refractivity contribution >= 4 is 24.0 Å². The lowest BCUT2D eigenvalue weighted by atomic mass is 9.63. The molecule has 1 aliphatic rings. The molecule has 0 radical (unpaired) electrons. The number of amides is 4. The molecule has 4 atom stereocenters.